The summed E-state index contributed by atoms with van der Waals surface area (Å²) in [7, 11) is 4.53. The molecule has 1 atom stereocenters. The van der Waals surface area contributed by atoms with Crippen LogP contribution >= 0.6 is 0 Å². The third-order valence-corrected chi connectivity index (χ3v) is 4.67. The molecule has 1 unspecified atom stereocenters. The molecule has 0 fully saturated rings. The highest BCUT2D eigenvalue weighted by molar-refractivity contribution is 5.96. The Kier molecular flexibility index (Phi) is 10.8. The maximum atomic E-state index is 13.3. The Hall–Kier alpha value is -4.19. The lowest BCUT2D eigenvalue weighted by Gasteiger charge is -2.15. The molecule has 1 aromatic heterocycles. The van der Waals surface area contributed by atoms with Crippen LogP contribution in [-0.4, -0.2) is 49.2 Å². The van der Waals surface area contributed by atoms with Gasteiger partial charge in [0.1, 0.15) is 35.2 Å². The van der Waals surface area contributed by atoms with Crippen LogP contribution in [0.1, 0.15) is 28.4 Å². The Bertz CT molecular complexity index is 1160. The second kappa shape index (κ2) is 13.8. The molecule has 12 heteroatoms. The van der Waals surface area contributed by atoms with Gasteiger partial charge in [0.25, 0.3) is 5.91 Å². The molecule has 0 saturated carbocycles. The van der Waals surface area contributed by atoms with Gasteiger partial charge in [0.15, 0.2) is 0 Å². The van der Waals surface area contributed by atoms with Crippen molar-refractivity contribution in [2.24, 2.45) is 0 Å². The number of carbonyl (C=O) groups excluding carboxylic acids is 2. The fraction of sp³-hybridized carbons (Fsp3) is 0.280. The third kappa shape index (κ3) is 9.08. The van der Waals surface area contributed by atoms with Crippen molar-refractivity contribution in [1.29, 1.82) is 0 Å². The van der Waals surface area contributed by atoms with Gasteiger partial charge in [-0.1, -0.05) is 12.1 Å². The Morgan fingerprint density at radius 2 is 1.57 bits per heavy atom. The molecule has 198 valence electrons. The highest BCUT2D eigenvalue weighted by Gasteiger charge is 2.35. The van der Waals surface area contributed by atoms with Crippen LogP contribution in [0.25, 0.3) is 0 Å². The zero-order chi connectivity index (χ0) is 27.4. The number of methoxy groups -OCH3 is 2. The van der Waals surface area contributed by atoms with E-state index in [1.807, 2.05) is 0 Å². The van der Waals surface area contributed by atoms with Crippen molar-refractivity contribution in [3.8, 4) is 17.2 Å². The van der Waals surface area contributed by atoms with Gasteiger partial charge < -0.3 is 24.8 Å². The molecule has 0 aliphatic heterocycles. The molecule has 9 nitrogen and oxygen atoms in total. The van der Waals surface area contributed by atoms with Crippen molar-refractivity contribution < 1.29 is 37.0 Å². The lowest BCUT2D eigenvalue weighted by atomic mass is 10.1. The smallest absolute Gasteiger partial charge is 0.420 e. The summed E-state index contributed by atoms with van der Waals surface area (Å²) in [6, 6.07) is 8.81. The number of halogens is 3. The lowest BCUT2D eigenvalue weighted by molar-refractivity contribution is -0.138. The van der Waals surface area contributed by atoms with E-state index in [-0.39, 0.29) is 29.4 Å². The molecule has 0 aliphatic rings. The molecule has 2 aromatic carbocycles. The molecule has 0 saturated heterocycles. The van der Waals surface area contributed by atoms with Gasteiger partial charge in [-0.15, -0.1) is 0 Å². The van der Waals surface area contributed by atoms with E-state index in [4.69, 9.17) is 9.47 Å². The summed E-state index contributed by atoms with van der Waals surface area (Å²) in [5.41, 5.74) is -0.0500. The van der Waals surface area contributed by atoms with Gasteiger partial charge in [-0.25, -0.2) is 9.97 Å². The molecule has 0 aliphatic carbocycles. The molecule has 1 heterocycles. The van der Waals surface area contributed by atoms with Gasteiger partial charge in [0.05, 0.1) is 12.7 Å². The van der Waals surface area contributed by atoms with Gasteiger partial charge in [-0.05, 0) is 42.8 Å². The van der Waals surface area contributed by atoms with Crippen LogP contribution in [0, 0.1) is 0 Å². The van der Waals surface area contributed by atoms with E-state index in [9.17, 15) is 22.8 Å². The number of ether oxygens (including phenoxy) is 3. The minimum atomic E-state index is -4.62. The Balaban J connectivity index is 0.00000153. The van der Waals surface area contributed by atoms with E-state index in [2.05, 4.69) is 25.3 Å². The fourth-order valence-corrected chi connectivity index (χ4v) is 2.85. The number of nitrogens with one attached hydrogen (secondary N) is 2. The topological polar surface area (TPSA) is 112 Å². The molecule has 3 aromatic rings. The number of aromatic nitrogens is 2. The van der Waals surface area contributed by atoms with E-state index in [1.54, 1.807) is 26.4 Å². The second-order valence-electron chi connectivity index (χ2n) is 7.55. The predicted octanol–water partition coefficient (Wildman–Crippen LogP) is 3.99. The Labute approximate surface area is 212 Å². The van der Waals surface area contributed by atoms with Gasteiger partial charge >= 0.3 is 6.18 Å². The summed E-state index contributed by atoms with van der Waals surface area (Å²) in [5, 5.41) is 5.22. The number of rotatable bonds is 8. The summed E-state index contributed by atoms with van der Waals surface area (Å²) in [5.74, 6) is -1.01. The van der Waals surface area contributed by atoms with Crippen molar-refractivity contribution in [3.63, 3.8) is 0 Å². The van der Waals surface area contributed by atoms with Crippen LogP contribution in [0.4, 0.5) is 13.2 Å². The maximum absolute atomic E-state index is 13.3. The van der Waals surface area contributed by atoms with E-state index in [1.165, 1.54) is 57.0 Å². The van der Waals surface area contributed by atoms with Crippen molar-refractivity contribution in [2.75, 3.05) is 21.3 Å². The van der Waals surface area contributed by atoms with Crippen LogP contribution in [0.15, 0.2) is 61.2 Å². The van der Waals surface area contributed by atoms with E-state index < -0.39 is 29.6 Å². The first-order valence-corrected chi connectivity index (χ1v) is 10.8. The molecule has 3 rings (SSSR count). The van der Waals surface area contributed by atoms with Gasteiger partial charge in [0.2, 0.25) is 5.91 Å². The molecule has 0 radical (unpaired) electrons. The number of benzene rings is 2. The van der Waals surface area contributed by atoms with Crippen LogP contribution < -0.4 is 20.1 Å². The molecule has 0 bridgehead atoms. The predicted molar refractivity (Wildman–Crippen MR) is 128 cm³/mol. The average Bonchev–Trinajstić information content (AvgIpc) is 2.88. The molecular weight excluding hydrogens is 493 g/mol. The second-order valence-corrected chi connectivity index (χ2v) is 7.55. The number of carbonyl (C=O) groups is 2. The maximum Gasteiger partial charge on any atom is 0.420 e. The van der Waals surface area contributed by atoms with E-state index in [0.29, 0.717) is 5.56 Å². The first kappa shape index (κ1) is 29.0. The summed E-state index contributed by atoms with van der Waals surface area (Å²) >= 11 is 0. The highest BCUT2D eigenvalue weighted by Crippen LogP contribution is 2.40. The fourth-order valence-electron chi connectivity index (χ4n) is 2.85. The van der Waals surface area contributed by atoms with Crippen LogP contribution in [0.3, 0.4) is 0 Å². The van der Waals surface area contributed by atoms with Crippen molar-refractivity contribution in [3.05, 3.63) is 77.9 Å². The van der Waals surface area contributed by atoms with Crippen LogP contribution in [0.5, 0.6) is 17.2 Å². The SMILES string of the molecule is COC.COc1ccc(Oc2ccc(CNC(=O)C(C)NC(=O)c3cncnc3)cc2)c(C(F)(F)F)c1. The first-order chi connectivity index (χ1) is 17.6. The molecule has 2 amide bonds. The zero-order valence-corrected chi connectivity index (χ0v) is 20.6. The number of hydrogen-bond acceptors (Lipinski definition) is 7. The average molecular weight is 521 g/mol. The van der Waals surface area contributed by atoms with E-state index >= 15 is 0 Å². The summed E-state index contributed by atoms with van der Waals surface area (Å²) in [6.07, 6.45) is -0.663. The molecule has 37 heavy (non-hydrogen) atoms. The lowest BCUT2D eigenvalue weighted by Crippen LogP contribution is -2.44. The monoisotopic (exact) mass is 520 g/mol. The number of nitrogens with zero attached hydrogens (tertiary/aromatic N) is 2. The van der Waals surface area contributed by atoms with Crippen molar-refractivity contribution in [2.45, 2.75) is 25.7 Å². The largest absolute Gasteiger partial charge is 0.497 e. The zero-order valence-electron chi connectivity index (χ0n) is 20.6. The standard InChI is InChI=1S/C23H21F3N4O4.C2H6O/c1-14(30-22(32)16-11-27-13-28-12-16)21(31)29-10-15-3-5-17(6-4-15)34-20-8-7-18(33-2)9-19(20)23(24,25)26;1-3-2/h3-9,11-14H,10H2,1-2H3,(H,29,31)(H,30,32);1-2H3. The number of hydrogen-bond donors (Lipinski definition) is 2. The molecule has 2 N–H and O–H groups in total. The summed E-state index contributed by atoms with van der Waals surface area (Å²) in [4.78, 5) is 31.9. The number of alkyl halides is 3. The highest BCUT2D eigenvalue weighted by atomic mass is 19.4. The Morgan fingerprint density at radius 1 is 0.973 bits per heavy atom. The Morgan fingerprint density at radius 3 is 2.14 bits per heavy atom. The first-order valence-electron chi connectivity index (χ1n) is 10.8. The summed E-state index contributed by atoms with van der Waals surface area (Å²) < 4.78 is 54.5. The minimum absolute atomic E-state index is 0.0632. The van der Waals surface area contributed by atoms with Crippen LogP contribution in [-0.2, 0) is 22.3 Å². The summed E-state index contributed by atoms with van der Waals surface area (Å²) in [6.45, 7) is 1.67. The molecular formula is C25H27F3N4O5. The molecule has 0 spiro atoms. The van der Waals surface area contributed by atoms with Gasteiger partial charge in [0, 0.05) is 33.2 Å². The van der Waals surface area contributed by atoms with Gasteiger partial charge in [-0.3, -0.25) is 9.59 Å². The quantitative estimate of drug-likeness (QED) is 0.462. The van der Waals surface area contributed by atoms with Crippen molar-refractivity contribution >= 4 is 11.8 Å². The van der Waals surface area contributed by atoms with Crippen molar-refractivity contribution in [1.82, 2.24) is 20.6 Å². The number of amides is 2. The van der Waals surface area contributed by atoms with E-state index in [0.717, 1.165) is 6.07 Å². The normalized spacial score (nSPS) is 11.4. The third-order valence-electron chi connectivity index (χ3n) is 4.67. The van der Waals surface area contributed by atoms with Gasteiger partial charge in [-0.2, -0.15) is 13.2 Å². The van der Waals surface area contributed by atoms with Crippen LogP contribution in [0.2, 0.25) is 0 Å². The minimum Gasteiger partial charge on any atom is -0.497 e.